The molecule has 0 N–H and O–H groups in total. The van der Waals surface area contributed by atoms with Crippen molar-refractivity contribution in [3.05, 3.63) is 86.0 Å². The van der Waals surface area contributed by atoms with E-state index < -0.39 is 10.0 Å². The molecular formula is C26H28Cl2N2O4S2. The molecule has 10 heteroatoms. The Morgan fingerprint density at radius 2 is 1.86 bits per heavy atom. The van der Waals surface area contributed by atoms with Crippen LogP contribution < -0.4 is 0 Å². The lowest BCUT2D eigenvalue weighted by Crippen LogP contribution is -2.45. The molecular weight excluding hydrogens is 539 g/mol. The summed E-state index contributed by atoms with van der Waals surface area (Å²) < 4.78 is 34.4. The van der Waals surface area contributed by atoms with Gasteiger partial charge in [-0.05, 0) is 55.7 Å². The van der Waals surface area contributed by atoms with E-state index in [1.165, 1.54) is 22.5 Å². The molecule has 1 aliphatic rings. The molecule has 6 nitrogen and oxygen atoms in total. The normalized spacial score (nSPS) is 15.9. The Morgan fingerprint density at radius 1 is 1.08 bits per heavy atom. The number of aryl methyl sites for hydroxylation is 1. The zero-order valence-corrected chi connectivity index (χ0v) is 23.0. The van der Waals surface area contributed by atoms with Crippen LogP contribution in [0, 0.1) is 6.92 Å². The molecule has 1 unspecified atom stereocenters. The first-order valence-electron chi connectivity index (χ1n) is 11.7. The quantitative estimate of drug-likeness (QED) is 0.313. The van der Waals surface area contributed by atoms with Gasteiger partial charge in [-0.15, -0.1) is 11.3 Å². The number of nitrogens with zero attached hydrogens (tertiary/aromatic N) is 2. The zero-order valence-electron chi connectivity index (χ0n) is 19.9. The van der Waals surface area contributed by atoms with Crippen LogP contribution >= 0.6 is 34.5 Å². The fraction of sp³-hybridized carbons (Fsp3) is 0.346. The summed E-state index contributed by atoms with van der Waals surface area (Å²) >= 11 is 14.0. The predicted octanol–water partition coefficient (Wildman–Crippen LogP) is 5.76. The Hall–Kier alpha value is -1.94. The summed E-state index contributed by atoms with van der Waals surface area (Å²) in [4.78, 5) is 17.4. The van der Waals surface area contributed by atoms with Crippen molar-refractivity contribution in [3.63, 3.8) is 0 Å². The van der Waals surface area contributed by atoms with E-state index in [0.29, 0.717) is 19.7 Å². The average molecular weight is 568 g/mol. The second kappa shape index (κ2) is 12.1. The van der Waals surface area contributed by atoms with Crippen molar-refractivity contribution in [1.82, 2.24) is 9.21 Å². The third-order valence-corrected chi connectivity index (χ3v) is 9.48. The van der Waals surface area contributed by atoms with Crippen molar-refractivity contribution in [2.75, 3.05) is 19.7 Å². The van der Waals surface area contributed by atoms with Gasteiger partial charge in [0.25, 0.3) is 0 Å². The summed E-state index contributed by atoms with van der Waals surface area (Å²) in [5.74, 6) is -0.301. The van der Waals surface area contributed by atoms with Crippen LogP contribution in [0.5, 0.6) is 0 Å². The van der Waals surface area contributed by atoms with Gasteiger partial charge in [0.2, 0.25) is 15.9 Å². The fourth-order valence-electron chi connectivity index (χ4n) is 4.12. The number of ether oxygens (including phenoxy) is 1. The molecule has 1 saturated heterocycles. The average Bonchev–Trinajstić information content (AvgIpc) is 3.52. The number of benzene rings is 2. The van der Waals surface area contributed by atoms with E-state index in [1.54, 1.807) is 16.2 Å². The third-order valence-electron chi connectivity index (χ3n) is 5.97. The number of rotatable bonds is 10. The zero-order chi connectivity index (χ0) is 25.7. The number of amides is 1. The number of hydrogen-bond donors (Lipinski definition) is 0. The molecule has 1 aromatic heterocycles. The first kappa shape index (κ1) is 27.1. The monoisotopic (exact) mass is 566 g/mol. The molecule has 0 aliphatic carbocycles. The number of halogens is 2. The van der Waals surface area contributed by atoms with Crippen LogP contribution in [0.2, 0.25) is 10.0 Å². The van der Waals surface area contributed by atoms with Crippen LogP contribution in [0.4, 0.5) is 0 Å². The van der Waals surface area contributed by atoms with Gasteiger partial charge in [-0.25, -0.2) is 8.42 Å². The van der Waals surface area contributed by atoms with E-state index >= 15 is 0 Å². The molecule has 0 spiro atoms. The van der Waals surface area contributed by atoms with Gasteiger partial charge >= 0.3 is 0 Å². The van der Waals surface area contributed by atoms with E-state index in [4.69, 9.17) is 27.9 Å². The molecule has 3 aromatic rings. The van der Waals surface area contributed by atoms with Crippen molar-refractivity contribution in [1.29, 1.82) is 0 Å². The van der Waals surface area contributed by atoms with Crippen LogP contribution in [-0.4, -0.2) is 49.3 Å². The number of carbonyl (C=O) groups excluding carboxylic acids is 1. The topological polar surface area (TPSA) is 66.9 Å². The molecule has 1 fully saturated rings. The maximum atomic E-state index is 13.7. The van der Waals surface area contributed by atoms with Gasteiger partial charge in [0, 0.05) is 34.5 Å². The maximum absolute atomic E-state index is 13.7. The Kier molecular flexibility index (Phi) is 9.09. The molecule has 1 atom stereocenters. The van der Waals surface area contributed by atoms with E-state index in [2.05, 4.69) is 0 Å². The standard InChI is InChI=1S/C26H28Cl2N2O4S2/c1-19-9-11-23(35-19)17-29(15-20-6-3-2-4-7-20)26(31)18-30(16-22-8-5-13-34-22)36(32,33)25-14-21(27)10-12-24(25)28/h2-4,6-7,9-12,14,22H,5,8,13,15-18H2,1H3. The lowest BCUT2D eigenvalue weighted by Gasteiger charge is -2.29. The minimum atomic E-state index is -4.12. The highest BCUT2D eigenvalue weighted by atomic mass is 35.5. The molecule has 0 bridgehead atoms. The minimum absolute atomic E-state index is 0.0550. The van der Waals surface area contributed by atoms with E-state index in [1.807, 2.05) is 49.4 Å². The molecule has 192 valence electrons. The summed E-state index contributed by atoms with van der Waals surface area (Å²) in [5.41, 5.74) is 0.963. The van der Waals surface area contributed by atoms with Crippen molar-refractivity contribution < 1.29 is 17.9 Å². The molecule has 1 amide bonds. The number of thiophene rings is 1. The molecule has 2 aromatic carbocycles. The van der Waals surface area contributed by atoms with Crippen molar-refractivity contribution in [2.24, 2.45) is 0 Å². The highest BCUT2D eigenvalue weighted by Gasteiger charge is 2.33. The summed E-state index contributed by atoms with van der Waals surface area (Å²) in [6.07, 6.45) is 1.29. The molecule has 2 heterocycles. The van der Waals surface area contributed by atoms with Crippen LogP contribution in [0.1, 0.15) is 28.2 Å². The fourth-order valence-corrected chi connectivity index (χ4v) is 7.19. The molecule has 0 saturated carbocycles. The number of carbonyl (C=O) groups is 1. The lowest BCUT2D eigenvalue weighted by atomic mass is 10.2. The molecule has 1 aliphatic heterocycles. The van der Waals surface area contributed by atoms with Crippen LogP contribution in [0.15, 0.2) is 65.6 Å². The van der Waals surface area contributed by atoms with Crippen molar-refractivity contribution in [3.8, 4) is 0 Å². The van der Waals surface area contributed by atoms with E-state index in [0.717, 1.165) is 28.2 Å². The van der Waals surface area contributed by atoms with Crippen LogP contribution in [0.3, 0.4) is 0 Å². The summed E-state index contributed by atoms with van der Waals surface area (Å²) in [5, 5.41) is 0.305. The highest BCUT2D eigenvalue weighted by molar-refractivity contribution is 7.89. The Bertz CT molecular complexity index is 1290. The predicted molar refractivity (Wildman–Crippen MR) is 144 cm³/mol. The van der Waals surface area contributed by atoms with Gasteiger partial charge in [0.05, 0.1) is 24.2 Å². The van der Waals surface area contributed by atoms with Crippen LogP contribution in [-0.2, 0) is 32.6 Å². The summed E-state index contributed by atoms with van der Waals surface area (Å²) in [7, 11) is -4.12. The maximum Gasteiger partial charge on any atom is 0.245 e. The van der Waals surface area contributed by atoms with Gasteiger partial charge in [-0.1, -0.05) is 53.5 Å². The largest absolute Gasteiger partial charge is 0.377 e. The summed E-state index contributed by atoms with van der Waals surface area (Å²) in [6, 6.07) is 18.0. The molecule has 0 radical (unpaired) electrons. The molecule has 4 rings (SSSR count). The first-order valence-corrected chi connectivity index (χ1v) is 14.7. The summed E-state index contributed by atoms with van der Waals surface area (Å²) in [6.45, 7) is 3.07. The van der Waals surface area contributed by atoms with Gasteiger partial charge < -0.3 is 9.64 Å². The van der Waals surface area contributed by atoms with Crippen LogP contribution in [0.25, 0.3) is 0 Å². The van der Waals surface area contributed by atoms with Gasteiger partial charge in [0.1, 0.15) is 4.90 Å². The third kappa shape index (κ3) is 6.88. The van der Waals surface area contributed by atoms with Crippen molar-refractivity contribution >= 4 is 50.5 Å². The molecule has 36 heavy (non-hydrogen) atoms. The smallest absolute Gasteiger partial charge is 0.245 e. The second-order valence-electron chi connectivity index (χ2n) is 8.76. The van der Waals surface area contributed by atoms with Crippen molar-refractivity contribution in [2.45, 2.75) is 43.9 Å². The van der Waals surface area contributed by atoms with Gasteiger partial charge in [-0.3, -0.25) is 4.79 Å². The lowest BCUT2D eigenvalue weighted by molar-refractivity contribution is -0.132. The number of hydrogen-bond acceptors (Lipinski definition) is 5. The SMILES string of the molecule is Cc1ccc(CN(Cc2ccccc2)C(=O)CN(CC2CCCO2)S(=O)(=O)c2cc(Cl)ccc2Cl)s1. The Morgan fingerprint density at radius 3 is 2.53 bits per heavy atom. The Labute approximate surface area is 226 Å². The number of sulfonamides is 1. The highest BCUT2D eigenvalue weighted by Crippen LogP contribution is 2.29. The second-order valence-corrected chi connectivity index (χ2v) is 12.9. The minimum Gasteiger partial charge on any atom is -0.377 e. The Balaban J connectivity index is 1.63. The van der Waals surface area contributed by atoms with E-state index in [9.17, 15) is 13.2 Å². The van der Waals surface area contributed by atoms with Gasteiger partial charge in [0.15, 0.2) is 0 Å². The van der Waals surface area contributed by atoms with E-state index in [-0.39, 0.29) is 40.0 Å². The van der Waals surface area contributed by atoms with Gasteiger partial charge in [-0.2, -0.15) is 4.31 Å². The first-order chi connectivity index (χ1) is 17.2.